The van der Waals surface area contributed by atoms with Crippen LogP contribution in [-0.2, 0) is 14.3 Å². The van der Waals surface area contributed by atoms with Gasteiger partial charge in [-0.2, -0.15) is 0 Å². The number of aryl methyl sites for hydroxylation is 1. The molecule has 1 N–H and O–H groups in total. The van der Waals surface area contributed by atoms with E-state index in [1.165, 1.54) is 18.1 Å². The fraction of sp³-hybridized carbons (Fsp3) is 0.312. The molecule has 11 heteroatoms. The van der Waals surface area contributed by atoms with Crippen LogP contribution in [0.3, 0.4) is 0 Å². The average Bonchev–Trinajstić information content (AvgIpc) is 3.52. The van der Waals surface area contributed by atoms with Crippen molar-refractivity contribution in [3.8, 4) is 17.2 Å². The number of benzene rings is 2. The van der Waals surface area contributed by atoms with E-state index >= 15 is 0 Å². The van der Waals surface area contributed by atoms with Crippen LogP contribution in [0.1, 0.15) is 59.2 Å². The topological polar surface area (TPSA) is 124 Å². The van der Waals surface area contributed by atoms with Crippen molar-refractivity contribution in [3.05, 3.63) is 82.4 Å². The maximum atomic E-state index is 13.6. The summed E-state index contributed by atoms with van der Waals surface area (Å²) in [7, 11) is 1.52. The Balaban J connectivity index is 1.89. The van der Waals surface area contributed by atoms with E-state index in [-0.39, 0.29) is 27.9 Å². The molecule has 1 unspecified atom stereocenters. The van der Waals surface area contributed by atoms with Crippen molar-refractivity contribution in [1.29, 1.82) is 0 Å². The maximum Gasteiger partial charge on any atom is 0.350 e. The first-order chi connectivity index (χ1) is 20.7. The van der Waals surface area contributed by atoms with E-state index in [0.717, 1.165) is 24.2 Å². The summed E-state index contributed by atoms with van der Waals surface area (Å²) in [5.74, 6) is -1.29. The number of rotatable bonds is 13. The van der Waals surface area contributed by atoms with E-state index in [2.05, 4.69) is 18.5 Å². The van der Waals surface area contributed by atoms with Crippen LogP contribution >= 0.6 is 11.3 Å². The van der Waals surface area contributed by atoms with E-state index in [9.17, 15) is 19.5 Å². The van der Waals surface area contributed by atoms with Crippen molar-refractivity contribution in [1.82, 2.24) is 4.98 Å². The lowest BCUT2D eigenvalue weighted by molar-refractivity contribution is -0.132. The van der Waals surface area contributed by atoms with Gasteiger partial charge in [-0.25, -0.2) is 9.78 Å². The van der Waals surface area contributed by atoms with Crippen LogP contribution in [0.5, 0.6) is 17.2 Å². The van der Waals surface area contributed by atoms with Crippen molar-refractivity contribution < 1.29 is 38.4 Å². The quantitative estimate of drug-likeness (QED) is 0.0622. The normalized spacial score (nSPS) is 15.8. The standard InChI is InChI=1S/C32H34N2O8S/c1-6-9-17-41-23-15-12-21(18-24(23)40-8-3)26-25(27(35)20-10-13-22(39-5)14-11-20)28(36)30(37)34(26)32-33-19(4)29(43-32)31(38)42-16-7-2/h7,10-15,18,26,35H,2,6,8-9,16-17H2,1,3-5H3/b27-25+. The minimum atomic E-state index is -1.09. The summed E-state index contributed by atoms with van der Waals surface area (Å²) in [5.41, 5.74) is 0.988. The summed E-state index contributed by atoms with van der Waals surface area (Å²) < 4.78 is 22.2. The number of hydrogen-bond acceptors (Lipinski definition) is 10. The third kappa shape index (κ3) is 6.56. The van der Waals surface area contributed by atoms with Crippen LogP contribution in [0.4, 0.5) is 5.13 Å². The van der Waals surface area contributed by atoms with Gasteiger partial charge in [0.1, 0.15) is 23.0 Å². The summed E-state index contributed by atoms with van der Waals surface area (Å²) in [6.45, 7) is 9.91. The molecule has 1 fully saturated rings. The highest BCUT2D eigenvalue weighted by Crippen LogP contribution is 2.45. The zero-order chi connectivity index (χ0) is 31.1. The zero-order valence-corrected chi connectivity index (χ0v) is 25.4. The molecule has 4 rings (SSSR count). The number of methoxy groups -OCH3 is 1. The number of hydrogen-bond donors (Lipinski definition) is 1. The highest BCUT2D eigenvalue weighted by atomic mass is 32.1. The van der Waals surface area contributed by atoms with E-state index in [4.69, 9.17) is 18.9 Å². The molecule has 1 aliphatic rings. The molecule has 43 heavy (non-hydrogen) atoms. The molecule has 1 atom stereocenters. The van der Waals surface area contributed by atoms with E-state index < -0.39 is 23.7 Å². The predicted molar refractivity (Wildman–Crippen MR) is 163 cm³/mol. The summed E-state index contributed by atoms with van der Waals surface area (Å²) >= 11 is 0.921. The molecule has 0 bridgehead atoms. The van der Waals surface area contributed by atoms with E-state index in [1.54, 1.807) is 49.4 Å². The van der Waals surface area contributed by atoms with Gasteiger partial charge in [-0.3, -0.25) is 14.5 Å². The number of anilines is 1. The van der Waals surface area contributed by atoms with Crippen LogP contribution in [0.15, 0.2) is 60.7 Å². The molecular formula is C32H34N2O8S. The minimum Gasteiger partial charge on any atom is -0.507 e. The molecule has 0 radical (unpaired) electrons. The second-order valence-electron chi connectivity index (χ2n) is 9.54. The Morgan fingerprint density at radius 3 is 2.51 bits per heavy atom. The Labute approximate surface area is 254 Å². The van der Waals surface area contributed by atoms with Crippen molar-refractivity contribution in [2.45, 2.75) is 39.7 Å². The van der Waals surface area contributed by atoms with Crippen molar-refractivity contribution >= 4 is 39.9 Å². The number of carbonyl (C=O) groups is 3. The molecule has 1 aromatic heterocycles. The molecule has 2 aromatic carbocycles. The second kappa shape index (κ2) is 14.0. The Hall–Kier alpha value is -4.64. The van der Waals surface area contributed by atoms with Gasteiger partial charge < -0.3 is 24.1 Å². The monoisotopic (exact) mass is 606 g/mol. The third-order valence-electron chi connectivity index (χ3n) is 6.66. The number of aliphatic hydroxyl groups is 1. The Bertz CT molecular complexity index is 1540. The lowest BCUT2D eigenvalue weighted by Crippen LogP contribution is -2.29. The highest BCUT2D eigenvalue weighted by Gasteiger charge is 2.48. The number of esters is 1. The smallest absolute Gasteiger partial charge is 0.350 e. The number of amides is 1. The first-order valence-corrected chi connectivity index (χ1v) is 14.7. The molecule has 0 saturated carbocycles. The number of carbonyl (C=O) groups excluding carboxylic acids is 3. The maximum absolute atomic E-state index is 13.6. The summed E-state index contributed by atoms with van der Waals surface area (Å²) in [6, 6.07) is 10.5. The molecule has 1 aliphatic heterocycles. The Morgan fingerprint density at radius 1 is 1.12 bits per heavy atom. The van der Waals surface area contributed by atoms with Crippen LogP contribution in [0.25, 0.3) is 5.76 Å². The SMILES string of the molecule is C=CCOC(=O)c1sc(N2C(=O)C(=O)/C(=C(/O)c3ccc(OC)cc3)C2c2ccc(OCCCC)c(OCC)c2)nc1C. The fourth-order valence-corrected chi connectivity index (χ4v) is 5.52. The van der Waals surface area contributed by atoms with Crippen molar-refractivity contribution in [2.75, 3.05) is 31.8 Å². The number of ketones is 1. The van der Waals surface area contributed by atoms with Crippen LogP contribution in [0, 0.1) is 6.92 Å². The largest absolute Gasteiger partial charge is 0.507 e. The van der Waals surface area contributed by atoms with Crippen LogP contribution in [-0.4, -0.2) is 54.7 Å². The number of ether oxygens (including phenoxy) is 4. The van der Waals surface area contributed by atoms with Gasteiger partial charge in [-0.1, -0.05) is 43.4 Å². The first kappa shape index (κ1) is 31.3. The molecule has 2 heterocycles. The van der Waals surface area contributed by atoms with E-state index in [1.807, 2.05) is 6.92 Å². The van der Waals surface area contributed by atoms with E-state index in [0.29, 0.717) is 47.3 Å². The molecule has 1 saturated heterocycles. The van der Waals surface area contributed by atoms with Crippen LogP contribution < -0.4 is 19.1 Å². The summed E-state index contributed by atoms with van der Waals surface area (Å²) in [4.78, 5) is 45.8. The highest BCUT2D eigenvalue weighted by molar-refractivity contribution is 7.17. The molecule has 226 valence electrons. The molecule has 10 nitrogen and oxygen atoms in total. The Morgan fingerprint density at radius 2 is 1.86 bits per heavy atom. The number of aromatic nitrogens is 1. The summed E-state index contributed by atoms with van der Waals surface area (Å²) in [5, 5.41) is 11.6. The predicted octanol–water partition coefficient (Wildman–Crippen LogP) is 6.01. The number of unbranched alkanes of at least 4 members (excludes halogenated alkanes) is 1. The van der Waals surface area contributed by atoms with Crippen molar-refractivity contribution in [2.24, 2.45) is 0 Å². The summed E-state index contributed by atoms with van der Waals surface area (Å²) in [6.07, 6.45) is 3.26. The number of thiazole rings is 1. The minimum absolute atomic E-state index is 0.00473. The lowest BCUT2D eigenvalue weighted by atomic mass is 9.95. The van der Waals surface area contributed by atoms with Crippen LogP contribution in [0.2, 0.25) is 0 Å². The van der Waals surface area contributed by atoms with Gasteiger partial charge in [0.15, 0.2) is 16.6 Å². The van der Waals surface area contributed by atoms with Crippen molar-refractivity contribution in [3.63, 3.8) is 0 Å². The fourth-order valence-electron chi connectivity index (χ4n) is 4.53. The Kier molecular flexibility index (Phi) is 10.2. The molecule has 0 spiro atoms. The van der Waals surface area contributed by atoms with Gasteiger partial charge in [0, 0.05) is 5.56 Å². The third-order valence-corrected chi connectivity index (χ3v) is 7.79. The van der Waals surface area contributed by atoms with Gasteiger partial charge in [-0.05, 0) is 62.2 Å². The molecule has 0 aliphatic carbocycles. The van der Waals surface area contributed by atoms with Gasteiger partial charge in [-0.15, -0.1) is 0 Å². The molecular weight excluding hydrogens is 572 g/mol. The van der Waals surface area contributed by atoms with Gasteiger partial charge in [0.25, 0.3) is 5.78 Å². The van der Waals surface area contributed by atoms with Gasteiger partial charge >= 0.3 is 11.9 Å². The number of nitrogens with zero attached hydrogens (tertiary/aromatic N) is 2. The first-order valence-electron chi connectivity index (χ1n) is 13.9. The number of Topliss-reactive ketones (excluding diaryl/α,β-unsaturated/α-hetero) is 1. The lowest BCUT2D eigenvalue weighted by Gasteiger charge is -2.24. The van der Waals surface area contributed by atoms with Gasteiger partial charge in [0.2, 0.25) is 0 Å². The average molecular weight is 607 g/mol. The number of aliphatic hydroxyl groups excluding tert-OH is 1. The van der Waals surface area contributed by atoms with Gasteiger partial charge in [0.05, 0.1) is 37.6 Å². The molecule has 3 aromatic rings. The molecule has 1 amide bonds. The zero-order valence-electron chi connectivity index (χ0n) is 24.5. The second-order valence-corrected chi connectivity index (χ2v) is 10.5.